The lowest BCUT2D eigenvalue weighted by atomic mass is 9.85. The first kappa shape index (κ1) is 18.7. The number of thiophene rings is 1. The molecule has 27 heavy (non-hydrogen) atoms. The highest BCUT2D eigenvalue weighted by molar-refractivity contribution is 7.14. The van der Waals surface area contributed by atoms with E-state index < -0.39 is 0 Å². The van der Waals surface area contributed by atoms with Gasteiger partial charge in [-0.2, -0.15) is 0 Å². The fourth-order valence-electron chi connectivity index (χ4n) is 4.32. The van der Waals surface area contributed by atoms with Crippen LogP contribution in [-0.2, 0) is 21.6 Å². The predicted molar refractivity (Wildman–Crippen MR) is 105 cm³/mol. The van der Waals surface area contributed by atoms with E-state index in [9.17, 15) is 9.59 Å². The van der Waals surface area contributed by atoms with Crippen LogP contribution in [0.4, 0.5) is 0 Å². The molecule has 146 valence electrons. The van der Waals surface area contributed by atoms with Gasteiger partial charge in [0.1, 0.15) is 5.60 Å². The molecule has 1 aliphatic carbocycles. The number of allylic oxidation sites excluding steroid dienone is 1. The Morgan fingerprint density at radius 1 is 1.37 bits per heavy atom. The van der Waals surface area contributed by atoms with E-state index in [1.807, 2.05) is 11.0 Å². The molecular formula is C20H27N3O3S. The first-order chi connectivity index (χ1) is 13.1. The number of ether oxygens (including phenoxy) is 1. The number of amides is 2. The normalized spacial score (nSPS) is 23.9. The zero-order valence-electron chi connectivity index (χ0n) is 15.5. The fraction of sp³-hybridized carbons (Fsp3) is 0.600. The quantitative estimate of drug-likeness (QED) is 0.774. The van der Waals surface area contributed by atoms with Gasteiger partial charge in [-0.05, 0) is 50.2 Å². The maximum absolute atomic E-state index is 12.7. The highest BCUT2D eigenvalue weighted by Crippen LogP contribution is 2.45. The highest BCUT2D eigenvalue weighted by atomic mass is 32.1. The summed E-state index contributed by atoms with van der Waals surface area (Å²) < 4.78 is 6.24. The van der Waals surface area contributed by atoms with Crippen LogP contribution in [0.3, 0.4) is 0 Å². The second-order valence-corrected chi connectivity index (χ2v) is 8.63. The maximum Gasteiger partial charge on any atom is 0.261 e. The lowest BCUT2D eigenvalue weighted by Gasteiger charge is -2.43. The Morgan fingerprint density at radius 2 is 2.19 bits per heavy atom. The molecule has 1 atom stereocenters. The van der Waals surface area contributed by atoms with Crippen LogP contribution in [0.1, 0.15) is 52.2 Å². The van der Waals surface area contributed by atoms with Crippen LogP contribution in [0.5, 0.6) is 0 Å². The molecule has 1 aromatic heterocycles. The number of hydrogen-bond donors (Lipinski definition) is 2. The van der Waals surface area contributed by atoms with Crippen molar-refractivity contribution in [3.63, 3.8) is 0 Å². The summed E-state index contributed by atoms with van der Waals surface area (Å²) in [6, 6.07) is 2.19. The van der Waals surface area contributed by atoms with Crippen LogP contribution in [0.25, 0.3) is 0 Å². The molecule has 3 heterocycles. The van der Waals surface area contributed by atoms with E-state index in [2.05, 4.69) is 17.5 Å². The zero-order chi connectivity index (χ0) is 18.9. The molecule has 6 nitrogen and oxygen atoms in total. The predicted octanol–water partition coefficient (Wildman–Crippen LogP) is 1.94. The van der Waals surface area contributed by atoms with Crippen LogP contribution < -0.4 is 11.1 Å². The number of carbonyl (C=O) groups is 2. The molecule has 1 saturated heterocycles. The molecule has 2 amide bonds. The van der Waals surface area contributed by atoms with Crippen molar-refractivity contribution in [2.24, 2.45) is 5.73 Å². The van der Waals surface area contributed by atoms with Crippen LogP contribution in [0.2, 0.25) is 0 Å². The number of nitrogens with one attached hydrogen (secondary N) is 1. The largest absolute Gasteiger partial charge is 0.369 e. The van der Waals surface area contributed by atoms with E-state index in [0.29, 0.717) is 19.7 Å². The van der Waals surface area contributed by atoms with Crippen LogP contribution in [0, 0.1) is 0 Å². The highest BCUT2D eigenvalue weighted by Gasteiger charge is 2.43. The minimum atomic E-state index is -0.354. The molecule has 0 saturated carbocycles. The van der Waals surface area contributed by atoms with Crippen LogP contribution in [0.15, 0.2) is 18.2 Å². The Kier molecular flexibility index (Phi) is 5.34. The Bertz CT molecular complexity index is 750. The van der Waals surface area contributed by atoms with Gasteiger partial charge in [0.05, 0.1) is 18.0 Å². The van der Waals surface area contributed by atoms with Gasteiger partial charge in [-0.3, -0.25) is 9.59 Å². The third kappa shape index (κ3) is 3.68. The first-order valence-corrected chi connectivity index (χ1v) is 10.7. The summed E-state index contributed by atoms with van der Waals surface area (Å²) in [7, 11) is 0. The molecule has 3 aliphatic rings. The lowest BCUT2D eigenvalue weighted by molar-refractivity contribution is -0.138. The maximum atomic E-state index is 12.7. The topological polar surface area (TPSA) is 84.7 Å². The van der Waals surface area contributed by atoms with Crippen molar-refractivity contribution in [2.45, 2.75) is 50.2 Å². The smallest absolute Gasteiger partial charge is 0.261 e. The van der Waals surface area contributed by atoms with E-state index in [4.69, 9.17) is 10.5 Å². The van der Waals surface area contributed by atoms with Crippen molar-refractivity contribution in [2.75, 3.05) is 26.2 Å². The van der Waals surface area contributed by atoms with Crippen molar-refractivity contribution >= 4 is 23.2 Å². The number of hydrogen-bond acceptors (Lipinski definition) is 5. The molecule has 1 aromatic rings. The Balaban J connectivity index is 1.50. The van der Waals surface area contributed by atoms with Gasteiger partial charge >= 0.3 is 0 Å². The lowest BCUT2D eigenvalue weighted by Crippen LogP contribution is -2.49. The molecule has 1 unspecified atom stereocenters. The number of rotatable bonds is 3. The second kappa shape index (κ2) is 7.73. The van der Waals surface area contributed by atoms with Gasteiger partial charge in [-0.1, -0.05) is 12.2 Å². The van der Waals surface area contributed by atoms with Gasteiger partial charge < -0.3 is 20.7 Å². The summed E-state index contributed by atoms with van der Waals surface area (Å²) in [5.41, 5.74) is 6.37. The standard InChI is InChI=1S/C20H27N3O3S/c21-13-17(24)23-9-7-20(8-10-23)18-14(6-11-26-20)12-16(27-18)19(25)22-15-4-2-1-3-5-15/h2,4,12,15H,1,3,5-11,13,21H2,(H,22,25). The number of nitrogens with two attached hydrogens (primary N) is 1. The van der Waals surface area contributed by atoms with Crippen molar-refractivity contribution in [1.29, 1.82) is 0 Å². The van der Waals surface area contributed by atoms with Gasteiger partial charge in [-0.25, -0.2) is 0 Å². The van der Waals surface area contributed by atoms with E-state index >= 15 is 0 Å². The Morgan fingerprint density at radius 3 is 2.89 bits per heavy atom. The van der Waals surface area contributed by atoms with Gasteiger partial charge in [0.2, 0.25) is 5.91 Å². The summed E-state index contributed by atoms with van der Waals surface area (Å²) in [5, 5.41) is 3.14. The molecule has 0 aromatic carbocycles. The molecule has 2 aliphatic heterocycles. The molecule has 7 heteroatoms. The van der Waals surface area contributed by atoms with Crippen molar-refractivity contribution in [1.82, 2.24) is 10.2 Å². The summed E-state index contributed by atoms with van der Waals surface area (Å²) in [6.45, 7) is 2.03. The first-order valence-electron chi connectivity index (χ1n) is 9.84. The van der Waals surface area contributed by atoms with Gasteiger partial charge in [0.15, 0.2) is 0 Å². The molecule has 1 spiro atoms. The third-order valence-corrected chi connectivity index (χ3v) is 7.23. The summed E-state index contributed by atoms with van der Waals surface area (Å²) in [6.07, 6.45) is 9.84. The monoisotopic (exact) mass is 389 g/mol. The van der Waals surface area contributed by atoms with Crippen LogP contribution >= 0.6 is 11.3 Å². The van der Waals surface area contributed by atoms with E-state index in [1.165, 1.54) is 10.4 Å². The average Bonchev–Trinajstić information content (AvgIpc) is 3.15. The number of piperidine rings is 1. The second-order valence-electron chi connectivity index (χ2n) is 7.58. The molecule has 0 bridgehead atoms. The SMILES string of the molecule is NCC(=O)N1CCC2(CC1)OCCc1cc(C(=O)NC3C=CCCC3)sc12. The minimum Gasteiger partial charge on any atom is -0.369 e. The Labute approximate surface area is 163 Å². The minimum absolute atomic E-state index is 0.00679. The molecule has 1 fully saturated rings. The van der Waals surface area contributed by atoms with E-state index in [1.54, 1.807) is 11.3 Å². The third-order valence-electron chi connectivity index (χ3n) is 5.87. The summed E-state index contributed by atoms with van der Waals surface area (Å²) in [5.74, 6) is 0.00418. The number of nitrogens with zero attached hydrogens (tertiary/aromatic N) is 1. The summed E-state index contributed by atoms with van der Waals surface area (Å²) >= 11 is 1.56. The average molecular weight is 390 g/mol. The summed E-state index contributed by atoms with van der Waals surface area (Å²) in [4.78, 5) is 28.4. The van der Waals surface area contributed by atoms with Gasteiger partial charge in [0.25, 0.3) is 5.91 Å². The molecule has 3 N–H and O–H groups in total. The Hall–Kier alpha value is -1.70. The van der Waals surface area contributed by atoms with E-state index in [0.717, 1.165) is 43.4 Å². The fourth-order valence-corrected chi connectivity index (χ4v) is 5.64. The molecular weight excluding hydrogens is 362 g/mol. The number of likely N-dealkylation sites (tertiary alicyclic amines) is 1. The van der Waals surface area contributed by atoms with Gasteiger partial charge in [-0.15, -0.1) is 11.3 Å². The molecule has 4 rings (SSSR count). The van der Waals surface area contributed by atoms with Gasteiger partial charge in [0, 0.05) is 24.0 Å². The van der Waals surface area contributed by atoms with Crippen molar-refractivity contribution in [3.8, 4) is 0 Å². The zero-order valence-corrected chi connectivity index (χ0v) is 16.4. The molecule has 0 radical (unpaired) electrons. The number of fused-ring (bicyclic) bond motifs is 2. The van der Waals surface area contributed by atoms with Crippen LogP contribution in [-0.4, -0.2) is 49.0 Å². The van der Waals surface area contributed by atoms with Crippen molar-refractivity contribution in [3.05, 3.63) is 33.5 Å². The van der Waals surface area contributed by atoms with Crippen molar-refractivity contribution < 1.29 is 14.3 Å². The number of carbonyl (C=O) groups excluding carboxylic acids is 2. The van der Waals surface area contributed by atoms with E-state index in [-0.39, 0.29) is 30.0 Å².